The second-order valence-corrected chi connectivity index (χ2v) is 2.98. The molecule has 0 aromatic heterocycles. The van der Waals surface area contributed by atoms with Crippen LogP contribution in [0.3, 0.4) is 0 Å². The zero-order valence-electron chi connectivity index (χ0n) is 7.18. The summed E-state index contributed by atoms with van der Waals surface area (Å²) >= 11 is 0. The minimum absolute atomic E-state index is 0.0358. The third-order valence-electron chi connectivity index (χ3n) is 2.18. The molecule has 0 aromatic carbocycles. The maximum Gasteiger partial charge on any atom is 0.237 e. The Kier molecular flexibility index (Phi) is 2.88. The topological polar surface area (TPSA) is 41.1 Å². The highest BCUT2D eigenvalue weighted by atomic mass is 16.2. The summed E-state index contributed by atoms with van der Waals surface area (Å²) < 4.78 is 0. The van der Waals surface area contributed by atoms with E-state index in [-0.39, 0.29) is 11.9 Å². The fourth-order valence-corrected chi connectivity index (χ4v) is 1.33. The van der Waals surface area contributed by atoms with Crippen LogP contribution in [0.15, 0.2) is 0 Å². The second-order valence-electron chi connectivity index (χ2n) is 2.98. The molecule has 3 heteroatoms. The molecule has 1 amide bonds. The lowest BCUT2D eigenvalue weighted by Gasteiger charge is -2.29. The van der Waals surface area contributed by atoms with Crippen molar-refractivity contribution in [3.05, 3.63) is 0 Å². The van der Waals surface area contributed by atoms with Crippen molar-refractivity contribution in [1.29, 1.82) is 0 Å². The molecule has 0 bridgehead atoms. The summed E-state index contributed by atoms with van der Waals surface area (Å²) in [6.45, 7) is 4.93. The number of piperazine rings is 1. The van der Waals surface area contributed by atoms with Crippen molar-refractivity contribution in [2.45, 2.75) is 38.8 Å². The minimum Gasteiger partial charge on any atom is -0.353 e. The Bertz CT molecular complexity index is 147. The van der Waals surface area contributed by atoms with Gasteiger partial charge in [0.2, 0.25) is 5.91 Å². The Balaban J connectivity index is 2.44. The predicted molar refractivity (Wildman–Crippen MR) is 44.3 cm³/mol. The van der Waals surface area contributed by atoms with Crippen LogP contribution in [0.1, 0.15) is 26.7 Å². The average molecular weight is 156 g/mol. The molecule has 0 aliphatic carbocycles. The van der Waals surface area contributed by atoms with E-state index in [2.05, 4.69) is 17.6 Å². The summed E-state index contributed by atoms with van der Waals surface area (Å²) in [7, 11) is 0. The summed E-state index contributed by atoms with van der Waals surface area (Å²) in [5.41, 5.74) is 0. The molecule has 2 atom stereocenters. The predicted octanol–water partition coefficient (Wildman–Crippen LogP) is 0.263. The van der Waals surface area contributed by atoms with E-state index in [1.165, 1.54) is 0 Å². The molecule has 1 fully saturated rings. The van der Waals surface area contributed by atoms with Gasteiger partial charge in [0, 0.05) is 12.6 Å². The summed E-state index contributed by atoms with van der Waals surface area (Å²) in [5, 5.41) is 6.17. The van der Waals surface area contributed by atoms with E-state index in [1.54, 1.807) is 0 Å². The smallest absolute Gasteiger partial charge is 0.237 e. The zero-order valence-corrected chi connectivity index (χ0v) is 7.18. The third kappa shape index (κ3) is 1.93. The summed E-state index contributed by atoms with van der Waals surface area (Å²) in [5.74, 6) is 0.150. The highest BCUT2D eigenvalue weighted by molar-refractivity contribution is 5.82. The molecule has 1 saturated heterocycles. The van der Waals surface area contributed by atoms with Crippen LogP contribution in [0.5, 0.6) is 0 Å². The Morgan fingerprint density at radius 3 is 2.73 bits per heavy atom. The largest absolute Gasteiger partial charge is 0.353 e. The van der Waals surface area contributed by atoms with Crippen molar-refractivity contribution in [2.24, 2.45) is 0 Å². The Hall–Kier alpha value is -0.570. The normalized spacial score (nSPS) is 31.6. The van der Waals surface area contributed by atoms with Gasteiger partial charge in [0.05, 0.1) is 6.04 Å². The van der Waals surface area contributed by atoms with Crippen molar-refractivity contribution in [1.82, 2.24) is 10.6 Å². The molecule has 0 aromatic rings. The molecule has 0 saturated carbocycles. The molecule has 1 heterocycles. The first-order valence-electron chi connectivity index (χ1n) is 4.31. The summed E-state index contributed by atoms with van der Waals surface area (Å²) in [4.78, 5) is 11.1. The Morgan fingerprint density at radius 1 is 1.45 bits per heavy atom. The van der Waals surface area contributed by atoms with Crippen molar-refractivity contribution in [2.75, 3.05) is 6.54 Å². The standard InChI is InChI=1S/C8H16N2O/c1-3-6-5-9-8(11)7(4-2)10-6/h6-7,10H,3-5H2,1-2H3,(H,9,11). The number of hydrogen-bond acceptors (Lipinski definition) is 2. The quantitative estimate of drug-likeness (QED) is 0.602. The van der Waals surface area contributed by atoms with Crippen LogP contribution in [0.2, 0.25) is 0 Å². The number of rotatable bonds is 2. The van der Waals surface area contributed by atoms with Crippen molar-refractivity contribution < 1.29 is 4.79 Å². The molecule has 1 rings (SSSR count). The molecular formula is C8H16N2O. The van der Waals surface area contributed by atoms with Gasteiger partial charge in [-0.25, -0.2) is 0 Å². The van der Waals surface area contributed by atoms with E-state index in [0.717, 1.165) is 19.4 Å². The second kappa shape index (κ2) is 3.72. The van der Waals surface area contributed by atoms with Crippen LogP contribution < -0.4 is 10.6 Å². The highest BCUT2D eigenvalue weighted by Gasteiger charge is 2.24. The maximum atomic E-state index is 11.1. The molecule has 3 nitrogen and oxygen atoms in total. The van der Waals surface area contributed by atoms with E-state index in [4.69, 9.17) is 0 Å². The first kappa shape index (κ1) is 8.53. The SMILES string of the molecule is CCC1CNC(=O)C(CC)N1. The molecular weight excluding hydrogens is 140 g/mol. The van der Waals surface area contributed by atoms with E-state index in [0.29, 0.717) is 6.04 Å². The van der Waals surface area contributed by atoms with E-state index in [1.807, 2.05) is 6.92 Å². The lowest BCUT2D eigenvalue weighted by Crippen LogP contribution is -2.57. The molecule has 0 radical (unpaired) electrons. The van der Waals surface area contributed by atoms with E-state index in [9.17, 15) is 4.79 Å². The van der Waals surface area contributed by atoms with Gasteiger partial charge < -0.3 is 10.6 Å². The average Bonchev–Trinajstić information content (AvgIpc) is 2.05. The first-order valence-corrected chi connectivity index (χ1v) is 4.31. The fraction of sp³-hybridized carbons (Fsp3) is 0.875. The molecule has 0 spiro atoms. The van der Waals surface area contributed by atoms with Gasteiger partial charge in [-0.15, -0.1) is 0 Å². The molecule has 2 unspecified atom stereocenters. The maximum absolute atomic E-state index is 11.1. The monoisotopic (exact) mass is 156 g/mol. The number of carbonyl (C=O) groups excluding carboxylic acids is 1. The number of amides is 1. The Labute approximate surface area is 67.5 Å². The molecule has 2 N–H and O–H groups in total. The van der Waals surface area contributed by atoms with Crippen LogP contribution in [-0.2, 0) is 4.79 Å². The van der Waals surface area contributed by atoms with Gasteiger partial charge in [-0.2, -0.15) is 0 Å². The van der Waals surface area contributed by atoms with Crippen LogP contribution in [0.25, 0.3) is 0 Å². The molecule has 11 heavy (non-hydrogen) atoms. The van der Waals surface area contributed by atoms with Gasteiger partial charge in [-0.3, -0.25) is 4.79 Å². The van der Waals surface area contributed by atoms with Crippen molar-refractivity contribution >= 4 is 5.91 Å². The number of hydrogen-bond donors (Lipinski definition) is 2. The lowest BCUT2D eigenvalue weighted by atomic mass is 10.1. The van der Waals surface area contributed by atoms with Crippen LogP contribution in [0.4, 0.5) is 0 Å². The van der Waals surface area contributed by atoms with Gasteiger partial charge >= 0.3 is 0 Å². The lowest BCUT2D eigenvalue weighted by molar-refractivity contribution is -0.125. The van der Waals surface area contributed by atoms with Crippen LogP contribution in [-0.4, -0.2) is 24.5 Å². The van der Waals surface area contributed by atoms with Crippen LogP contribution in [0, 0.1) is 0 Å². The number of carbonyl (C=O) groups is 1. The van der Waals surface area contributed by atoms with Crippen LogP contribution >= 0.6 is 0 Å². The zero-order chi connectivity index (χ0) is 8.27. The van der Waals surface area contributed by atoms with Gasteiger partial charge in [0.25, 0.3) is 0 Å². The van der Waals surface area contributed by atoms with E-state index < -0.39 is 0 Å². The van der Waals surface area contributed by atoms with Crippen molar-refractivity contribution in [3.8, 4) is 0 Å². The third-order valence-corrected chi connectivity index (χ3v) is 2.18. The minimum atomic E-state index is 0.0358. The highest BCUT2D eigenvalue weighted by Crippen LogP contribution is 2.01. The van der Waals surface area contributed by atoms with Gasteiger partial charge in [-0.05, 0) is 12.8 Å². The van der Waals surface area contributed by atoms with Gasteiger partial charge in [0.1, 0.15) is 0 Å². The fourth-order valence-electron chi connectivity index (χ4n) is 1.33. The van der Waals surface area contributed by atoms with Gasteiger partial charge in [-0.1, -0.05) is 13.8 Å². The summed E-state index contributed by atoms with van der Waals surface area (Å²) in [6, 6.07) is 0.506. The molecule has 1 aliphatic heterocycles. The van der Waals surface area contributed by atoms with Crippen molar-refractivity contribution in [3.63, 3.8) is 0 Å². The Morgan fingerprint density at radius 2 is 2.18 bits per heavy atom. The molecule has 1 aliphatic rings. The van der Waals surface area contributed by atoms with E-state index >= 15 is 0 Å². The van der Waals surface area contributed by atoms with Gasteiger partial charge in [0.15, 0.2) is 0 Å². The number of nitrogens with one attached hydrogen (secondary N) is 2. The molecule has 64 valence electrons. The first-order chi connectivity index (χ1) is 5.27. The summed E-state index contributed by atoms with van der Waals surface area (Å²) in [6.07, 6.45) is 1.96.